The van der Waals surface area contributed by atoms with E-state index in [1.807, 2.05) is 0 Å². The van der Waals surface area contributed by atoms with Crippen molar-refractivity contribution in [2.75, 3.05) is 6.54 Å². The molecule has 0 saturated heterocycles. The quantitative estimate of drug-likeness (QED) is 0.574. The summed E-state index contributed by atoms with van der Waals surface area (Å²) < 4.78 is 13.1. The van der Waals surface area contributed by atoms with Crippen molar-refractivity contribution in [3.05, 3.63) is 29.1 Å². The number of halogens is 1. The third kappa shape index (κ3) is 2.23. The summed E-state index contributed by atoms with van der Waals surface area (Å²) >= 11 is 0. The molecule has 0 aliphatic carbocycles. The maximum atomic E-state index is 13.1. The summed E-state index contributed by atoms with van der Waals surface area (Å²) in [6.45, 7) is -0.0178. The number of nitrogens with two attached hydrogens (primary N) is 2. The van der Waals surface area contributed by atoms with Crippen LogP contribution in [0.2, 0.25) is 0 Å². The largest absolute Gasteiger partial charge is 0.505 e. The molecule has 1 rings (SSSR count). The summed E-state index contributed by atoms with van der Waals surface area (Å²) in [6, 6.07) is 1.04. The molecule has 0 aliphatic heterocycles. The third-order valence-electron chi connectivity index (χ3n) is 1.99. The van der Waals surface area contributed by atoms with Gasteiger partial charge in [-0.1, -0.05) is 0 Å². The molecule has 1 atom stereocenters. The molecule has 82 valence electrons. The van der Waals surface area contributed by atoms with Crippen molar-refractivity contribution in [1.82, 2.24) is 0 Å². The molecule has 0 bridgehead atoms. The number of carbonyl (C=O) groups is 1. The van der Waals surface area contributed by atoms with E-state index >= 15 is 0 Å². The van der Waals surface area contributed by atoms with E-state index in [1.165, 1.54) is 0 Å². The van der Waals surface area contributed by atoms with E-state index in [1.54, 1.807) is 0 Å². The Morgan fingerprint density at radius 3 is 2.60 bits per heavy atom. The molecule has 0 saturated carbocycles. The number of aromatic carboxylic acids is 1. The second-order valence-electron chi connectivity index (χ2n) is 3.04. The zero-order chi connectivity index (χ0) is 11.6. The molecule has 0 unspecified atom stereocenters. The molecule has 5 nitrogen and oxygen atoms in total. The van der Waals surface area contributed by atoms with Crippen LogP contribution in [0.25, 0.3) is 0 Å². The molecule has 0 fully saturated rings. The zero-order valence-corrected chi connectivity index (χ0v) is 7.77. The van der Waals surface area contributed by atoms with Crippen molar-refractivity contribution >= 4 is 5.97 Å². The number of carboxylic acids is 1. The number of carboxylic acid groups (broad SMARTS) is 1. The zero-order valence-electron chi connectivity index (χ0n) is 7.77. The van der Waals surface area contributed by atoms with Gasteiger partial charge in [0.15, 0.2) is 11.6 Å². The minimum atomic E-state index is -1.29. The van der Waals surface area contributed by atoms with Crippen molar-refractivity contribution in [3.63, 3.8) is 0 Å². The Morgan fingerprint density at radius 2 is 2.13 bits per heavy atom. The van der Waals surface area contributed by atoms with Gasteiger partial charge in [0.25, 0.3) is 0 Å². The molecular weight excluding hydrogens is 203 g/mol. The number of benzene rings is 1. The van der Waals surface area contributed by atoms with Gasteiger partial charge in [-0.05, 0) is 12.1 Å². The number of phenolic OH excluding ortho intramolecular Hbond substituents is 1. The first-order chi connectivity index (χ1) is 6.97. The molecule has 0 radical (unpaired) electrons. The van der Waals surface area contributed by atoms with E-state index in [2.05, 4.69) is 0 Å². The van der Waals surface area contributed by atoms with Gasteiger partial charge < -0.3 is 21.7 Å². The van der Waals surface area contributed by atoms with Crippen LogP contribution in [0.4, 0.5) is 4.39 Å². The predicted octanol–water partition coefficient (Wildman–Crippen LogP) is 0.188. The first-order valence-corrected chi connectivity index (χ1v) is 4.18. The molecule has 6 N–H and O–H groups in total. The Balaban J connectivity index is 3.31. The minimum absolute atomic E-state index is 0.00472. The fraction of sp³-hybridized carbons (Fsp3) is 0.222. The van der Waals surface area contributed by atoms with Gasteiger partial charge in [0.05, 0.1) is 5.56 Å². The standard InChI is InChI=1S/C9H11FN2O3/c10-6-2-4(9(14)15)1-5(8(6)13)7(12)3-11/h1-2,7,13H,3,11-12H2,(H,14,15)/t7-/m1/s1. The molecule has 0 spiro atoms. The first kappa shape index (κ1) is 11.4. The van der Waals surface area contributed by atoms with Crippen LogP contribution < -0.4 is 11.5 Å². The van der Waals surface area contributed by atoms with Crippen LogP contribution in [-0.4, -0.2) is 22.7 Å². The third-order valence-corrected chi connectivity index (χ3v) is 1.99. The SMILES string of the molecule is NC[C@@H](N)c1cc(C(=O)O)cc(F)c1O. The lowest BCUT2D eigenvalue weighted by molar-refractivity contribution is 0.0696. The van der Waals surface area contributed by atoms with Gasteiger partial charge in [0.2, 0.25) is 0 Å². The van der Waals surface area contributed by atoms with Crippen molar-refractivity contribution in [3.8, 4) is 5.75 Å². The number of rotatable bonds is 3. The lowest BCUT2D eigenvalue weighted by Gasteiger charge is -2.12. The van der Waals surface area contributed by atoms with E-state index in [-0.39, 0.29) is 17.7 Å². The van der Waals surface area contributed by atoms with Gasteiger partial charge >= 0.3 is 5.97 Å². The Kier molecular flexibility index (Phi) is 3.23. The maximum absolute atomic E-state index is 13.1. The topological polar surface area (TPSA) is 110 Å². The summed E-state index contributed by atoms with van der Waals surface area (Å²) in [6.07, 6.45) is 0. The molecule has 0 aromatic heterocycles. The summed E-state index contributed by atoms with van der Waals surface area (Å²) in [5.74, 6) is -2.97. The van der Waals surface area contributed by atoms with Gasteiger partial charge in [-0.2, -0.15) is 0 Å². The molecular formula is C9H11FN2O3. The Labute approximate surface area is 85.1 Å². The average Bonchev–Trinajstić information content (AvgIpc) is 2.20. The maximum Gasteiger partial charge on any atom is 0.335 e. The van der Waals surface area contributed by atoms with Crippen molar-refractivity contribution in [1.29, 1.82) is 0 Å². The van der Waals surface area contributed by atoms with Crippen molar-refractivity contribution < 1.29 is 19.4 Å². The highest BCUT2D eigenvalue weighted by Crippen LogP contribution is 2.27. The van der Waals surface area contributed by atoms with E-state index in [0.717, 1.165) is 12.1 Å². The fourth-order valence-corrected chi connectivity index (χ4v) is 1.15. The number of phenols is 1. The lowest BCUT2D eigenvalue weighted by Crippen LogP contribution is -2.21. The van der Waals surface area contributed by atoms with Gasteiger partial charge in [0, 0.05) is 18.2 Å². The van der Waals surface area contributed by atoms with Gasteiger partial charge in [0.1, 0.15) is 0 Å². The summed E-state index contributed by atoms with van der Waals surface area (Å²) in [5, 5.41) is 18.0. The fourth-order valence-electron chi connectivity index (χ4n) is 1.15. The number of hydrogen-bond donors (Lipinski definition) is 4. The normalized spacial score (nSPS) is 12.5. The van der Waals surface area contributed by atoms with Gasteiger partial charge in [-0.15, -0.1) is 0 Å². The first-order valence-electron chi connectivity index (χ1n) is 4.18. The summed E-state index contributed by atoms with van der Waals surface area (Å²) in [7, 11) is 0. The minimum Gasteiger partial charge on any atom is -0.505 e. The van der Waals surface area contributed by atoms with E-state index in [4.69, 9.17) is 16.6 Å². The Morgan fingerprint density at radius 1 is 1.53 bits per heavy atom. The van der Waals surface area contributed by atoms with Gasteiger partial charge in [-0.3, -0.25) is 0 Å². The molecule has 1 aromatic carbocycles. The molecule has 1 aromatic rings. The monoisotopic (exact) mass is 214 g/mol. The van der Waals surface area contributed by atoms with Crippen LogP contribution >= 0.6 is 0 Å². The van der Waals surface area contributed by atoms with Crippen LogP contribution in [-0.2, 0) is 0 Å². The molecule has 0 amide bonds. The second-order valence-corrected chi connectivity index (χ2v) is 3.04. The number of aromatic hydroxyl groups is 1. The van der Waals surface area contributed by atoms with E-state index in [0.29, 0.717) is 0 Å². The van der Waals surface area contributed by atoms with Crippen LogP contribution in [0.15, 0.2) is 12.1 Å². The van der Waals surface area contributed by atoms with E-state index < -0.39 is 23.6 Å². The highest BCUT2D eigenvalue weighted by molar-refractivity contribution is 5.88. The van der Waals surface area contributed by atoms with Crippen molar-refractivity contribution in [2.24, 2.45) is 11.5 Å². The molecule has 6 heteroatoms. The molecule has 0 heterocycles. The Hall–Kier alpha value is -1.66. The highest BCUT2D eigenvalue weighted by atomic mass is 19.1. The van der Waals surface area contributed by atoms with Crippen LogP contribution in [0.1, 0.15) is 22.0 Å². The van der Waals surface area contributed by atoms with E-state index in [9.17, 15) is 14.3 Å². The van der Waals surface area contributed by atoms with Crippen LogP contribution in [0.5, 0.6) is 5.75 Å². The molecule has 15 heavy (non-hydrogen) atoms. The summed E-state index contributed by atoms with van der Waals surface area (Å²) in [4.78, 5) is 10.6. The van der Waals surface area contributed by atoms with Crippen molar-refractivity contribution in [2.45, 2.75) is 6.04 Å². The van der Waals surface area contributed by atoms with Crippen LogP contribution in [0, 0.1) is 5.82 Å². The predicted molar refractivity (Wildman–Crippen MR) is 51.0 cm³/mol. The van der Waals surface area contributed by atoms with Crippen LogP contribution in [0.3, 0.4) is 0 Å². The second kappa shape index (κ2) is 4.24. The number of hydrogen-bond acceptors (Lipinski definition) is 4. The smallest absolute Gasteiger partial charge is 0.335 e. The highest BCUT2D eigenvalue weighted by Gasteiger charge is 2.17. The lowest BCUT2D eigenvalue weighted by atomic mass is 10.0. The average molecular weight is 214 g/mol. The summed E-state index contributed by atoms with van der Waals surface area (Å²) in [5.41, 5.74) is 10.5. The molecule has 0 aliphatic rings. The Bertz CT molecular complexity index is 395. The van der Waals surface area contributed by atoms with Gasteiger partial charge in [-0.25, -0.2) is 9.18 Å².